The maximum absolute atomic E-state index is 12.6. The quantitative estimate of drug-likeness (QED) is 0.777. The van der Waals surface area contributed by atoms with E-state index in [2.05, 4.69) is 20.8 Å². The van der Waals surface area contributed by atoms with E-state index in [1.165, 1.54) is 11.6 Å². The van der Waals surface area contributed by atoms with Crippen LogP contribution in [0.1, 0.15) is 52.6 Å². The molecule has 0 fully saturated rings. The number of hydrogen-bond donors (Lipinski definition) is 0. The summed E-state index contributed by atoms with van der Waals surface area (Å²) < 4.78 is 0. The number of fused-ring (bicyclic) bond motifs is 1. The molecule has 0 N–H and O–H groups in total. The SMILES string of the molecule is CC(C)(C)c1ccc(C2=CC(=O)c3ccccc3C2=O)cc1. The summed E-state index contributed by atoms with van der Waals surface area (Å²) in [6.45, 7) is 6.44. The highest BCUT2D eigenvalue weighted by Crippen LogP contribution is 2.29. The smallest absolute Gasteiger partial charge is 0.194 e. The highest BCUT2D eigenvalue weighted by molar-refractivity contribution is 6.38. The zero-order valence-electron chi connectivity index (χ0n) is 13.0. The molecule has 2 nitrogen and oxygen atoms in total. The maximum Gasteiger partial charge on any atom is 0.194 e. The van der Waals surface area contributed by atoms with E-state index in [4.69, 9.17) is 0 Å². The van der Waals surface area contributed by atoms with E-state index < -0.39 is 0 Å². The maximum atomic E-state index is 12.6. The molecule has 0 saturated heterocycles. The van der Waals surface area contributed by atoms with Gasteiger partial charge in [-0.2, -0.15) is 0 Å². The standard InChI is InChI=1S/C20H18O2/c1-20(2,3)14-10-8-13(9-11-14)17-12-18(21)15-6-4-5-7-16(15)19(17)22/h4-12H,1-3H3. The molecule has 2 aromatic rings. The molecule has 0 heterocycles. The van der Waals surface area contributed by atoms with Gasteiger partial charge in [0.15, 0.2) is 11.6 Å². The minimum Gasteiger partial charge on any atom is -0.289 e. The average molecular weight is 290 g/mol. The van der Waals surface area contributed by atoms with Crippen molar-refractivity contribution in [3.63, 3.8) is 0 Å². The number of ketones is 2. The fourth-order valence-electron chi connectivity index (χ4n) is 2.68. The molecule has 2 aromatic carbocycles. The van der Waals surface area contributed by atoms with Gasteiger partial charge in [0.05, 0.1) is 0 Å². The van der Waals surface area contributed by atoms with Crippen LogP contribution in [-0.4, -0.2) is 11.6 Å². The van der Waals surface area contributed by atoms with Crippen LogP contribution in [0.4, 0.5) is 0 Å². The Labute approximate surface area is 130 Å². The van der Waals surface area contributed by atoms with Crippen molar-refractivity contribution in [1.82, 2.24) is 0 Å². The van der Waals surface area contributed by atoms with Crippen molar-refractivity contribution in [2.45, 2.75) is 26.2 Å². The van der Waals surface area contributed by atoms with Gasteiger partial charge in [-0.3, -0.25) is 9.59 Å². The summed E-state index contributed by atoms with van der Waals surface area (Å²) in [7, 11) is 0. The zero-order valence-corrected chi connectivity index (χ0v) is 13.0. The van der Waals surface area contributed by atoms with Gasteiger partial charge >= 0.3 is 0 Å². The summed E-state index contributed by atoms with van der Waals surface area (Å²) in [4.78, 5) is 24.8. The van der Waals surface area contributed by atoms with Gasteiger partial charge in [0.25, 0.3) is 0 Å². The number of rotatable bonds is 1. The number of benzene rings is 2. The Morgan fingerprint density at radius 1 is 0.773 bits per heavy atom. The van der Waals surface area contributed by atoms with Crippen molar-refractivity contribution in [1.29, 1.82) is 0 Å². The van der Waals surface area contributed by atoms with Gasteiger partial charge in [-0.25, -0.2) is 0 Å². The lowest BCUT2D eigenvalue weighted by Crippen LogP contribution is -2.16. The van der Waals surface area contributed by atoms with E-state index in [1.807, 2.05) is 24.3 Å². The van der Waals surface area contributed by atoms with Gasteiger partial charge < -0.3 is 0 Å². The van der Waals surface area contributed by atoms with Crippen LogP contribution in [0.25, 0.3) is 5.57 Å². The normalized spacial score (nSPS) is 14.6. The van der Waals surface area contributed by atoms with Crippen LogP contribution >= 0.6 is 0 Å². The molecule has 1 aliphatic carbocycles. The zero-order chi connectivity index (χ0) is 15.9. The Bertz CT molecular complexity index is 787. The van der Waals surface area contributed by atoms with Gasteiger partial charge in [0.2, 0.25) is 0 Å². The average Bonchev–Trinajstić information content (AvgIpc) is 2.50. The minimum absolute atomic E-state index is 0.0614. The summed E-state index contributed by atoms with van der Waals surface area (Å²) in [6.07, 6.45) is 1.46. The first-order chi connectivity index (χ1) is 10.4. The van der Waals surface area contributed by atoms with E-state index in [0.29, 0.717) is 16.7 Å². The van der Waals surface area contributed by atoms with Crippen LogP contribution < -0.4 is 0 Å². The molecular formula is C20H18O2. The second-order valence-electron chi connectivity index (χ2n) is 6.62. The molecule has 110 valence electrons. The van der Waals surface area contributed by atoms with E-state index in [0.717, 1.165) is 5.56 Å². The third-order valence-corrected chi connectivity index (χ3v) is 4.02. The molecule has 0 bridgehead atoms. The first-order valence-electron chi connectivity index (χ1n) is 7.38. The molecule has 0 unspecified atom stereocenters. The first-order valence-corrected chi connectivity index (χ1v) is 7.38. The first kappa shape index (κ1) is 14.5. The lowest BCUT2D eigenvalue weighted by Gasteiger charge is -2.20. The Morgan fingerprint density at radius 2 is 1.36 bits per heavy atom. The molecule has 22 heavy (non-hydrogen) atoms. The molecule has 0 atom stereocenters. The predicted octanol–water partition coefficient (Wildman–Crippen LogP) is 4.45. The highest BCUT2D eigenvalue weighted by Gasteiger charge is 2.26. The fourth-order valence-corrected chi connectivity index (χ4v) is 2.68. The third kappa shape index (κ3) is 2.41. The predicted molar refractivity (Wildman–Crippen MR) is 88.2 cm³/mol. The molecular weight excluding hydrogens is 272 g/mol. The molecule has 1 aliphatic rings. The van der Waals surface area contributed by atoms with E-state index in [9.17, 15) is 9.59 Å². The van der Waals surface area contributed by atoms with Gasteiger partial charge in [-0.15, -0.1) is 0 Å². The van der Waals surface area contributed by atoms with Crippen LogP contribution in [0.15, 0.2) is 54.6 Å². The number of carbonyl (C=O) groups excluding carboxylic acids is 2. The lowest BCUT2D eigenvalue weighted by molar-refractivity contribution is 0.100. The Morgan fingerprint density at radius 3 is 1.95 bits per heavy atom. The molecule has 3 rings (SSSR count). The van der Waals surface area contributed by atoms with Gasteiger partial charge in [0, 0.05) is 16.7 Å². The molecule has 0 amide bonds. The summed E-state index contributed by atoms with van der Waals surface area (Å²) in [5, 5.41) is 0. The van der Waals surface area contributed by atoms with E-state index >= 15 is 0 Å². The van der Waals surface area contributed by atoms with Crippen molar-refractivity contribution >= 4 is 17.1 Å². The van der Waals surface area contributed by atoms with Gasteiger partial charge in [0.1, 0.15) is 0 Å². The Hall–Kier alpha value is -2.48. The van der Waals surface area contributed by atoms with Gasteiger partial charge in [-0.1, -0.05) is 69.3 Å². The number of hydrogen-bond acceptors (Lipinski definition) is 2. The van der Waals surface area contributed by atoms with E-state index in [1.54, 1.807) is 24.3 Å². The van der Waals surface area contributed by atoms with Crippen LogP contribution in [0.2, 0.25) is 0 Å². The van der Waals surface area contributed by atoms with Gasteiger partial charge in [-0.05, 0) is 22.6 Å². The summed E-state index contributed by atoms with van der Waals surface area (Å²) in [6, 6.07) is 14.9. The van der Waals surface area contributed by atoms with Crippen LogP contribution in [0, 0.1) is 0 Å². The lowest BCUT2D eigenvalue weighted by atomic mass is 9.83. The summed E-state index contributed by atoms with van der Waals surface area (Å²) in [5.41, 5.74) is 3.51. The molecule has 0 radical (unpaired) electrons. The topological polar surface area (TPSA) is 34.1 Å². The second-order valence-corrected chi connectivity index (χ2v) is 6.62. The van der Waals surface area contributed by atoms with Crippen molar-refractivity contribution in [3.8, 4) is 0 Å². The van der Waals surface area contributed by atoms with Crippen LogP contribution in [-0.2, 0) is 5.41 Å². The van der Waals surface area contributed by atoms with E-state index in [-0.39, 0.29) is 17.0 Å². The minimum atomic E-state index is -0.106. The fraction of sp³-hybridized carbons (Fsp3) is 0.200. The number of Topliss-reactive ketones (excluding diaryl/α,β-unsaturated/α-hetero) is 1. The Kier molecular flexibility index (Phi) is 3.32. The third-order valence-electron chi connectivity index (χ3n) is 4.02. The van der Waals surface area contributed by atoms with Crippen molar-refractivity contribution in [3.05, 3.63) is 76.9 Å². The molecule has 0 aliphatic heterocycles. The second kappa shape index (κ2) is 5.06. The number of allylic oxidation sites excluding steroid dienone is 2. The van der Waals surface area contributed by atoms with Crippen molar-refractivity contribution < 1.29 is 9.59 Å². The molecule has 0 spiro atoms. The van der Waals surface area contributed by atoms with Crippen molar-refractivity contribution in [2.75, 3.05) is 0 Å². The van der Waals surface area contributed by atoms with Crippen molar-refractivity contribution in [2.24, 2.45) is 0 Å². The molecule has 0 aromatic heterocycles. The largest absolute Gasteiger partial charge is 0.289 e. The monoisotopic (exact) mass is 290 g/mol. The Balaban J connectivity index is 2.03. The summed E-state index contributed by atoms with van der Waals surface area (Å²) >= 11 is 0. The molecule has 0 saturated carbocycles. The van der Waals surface area contributed by atoms with Crippen LogP contribution in [0.5, 0.6) is 0 Å². The number of carbonyl (C=O) groups is 2. The summed E-state index contributed by atoms with van der Waals surface area (Å²) in [5.74, 6) is -0.191. The van der Waals surface area contributed by atoms with Crippen LogP contribution in [0.3, 0.4) is 0 Å². The highest BCUT2D eigenvalue weighted by atomic mass is 16.1. The molecule has 2 heteroatoms.